The molecule has 0 aliphatic heterocycles. The maximum atomic E-state index is 10.8. The summed E-state index contributed by atoms with van der Waals surface area (Å²) in [6, 6.07) is 0. The second-order valence-electron chi connectivity index (χ2n) is 3.28. The fraction of sp³-hybridized carbons (Fsp3) is 0.571. The maximum absolute atomic E-state index is 10.8. The monoisotopic (exact) mass is 313 g/mol. The first kappa shape index (κ1) is 16.3. The quantitative estimate of drug-likeness (QED) is 0.435. The van der Waals surface area contributed by atoms with E-state index >= 15 is 0 Å². The van der Waals surface area contributed by atoms with Crippen molar-refractivity contribution in [2.75, 3.05) is 5.75 Å². The van der Waals surface area contributed by atoms with E-state index in [2.05, 4.69) is 11.9 Å². The van der Waals surface area contributed by atoms with Crippen LogP contribution in [0.2, 0.25) is 0 Å². The summed E-state index contributed by atoms with van der Waals surface area (Å²) in [4.78, 5) is 10.8. The maximum Gasteiger partial charge on any atom is 1.00 e. The number of rotatable bonds is 4. The van der Waals surface area contributed by atoms with Crippen molar-refractivity contribution < 1.29 is 40.1 Å². The summed E-state index contributed by atoms with van der Waals surface area (Å²) in [7, 11) is -4.33. The average Bonchev–Trinajstić information content (AvgIpc) is 1.80. The standard InChI is InChI=1S/C7H13NO4S.Ag/c1-4-6(9)8-7(2,3)5-13(10,11)12;/h4H,1,5H2,2-3H3,(H,8,9)(H,10,11,12);/q;+1/p-1. The van der Waals surface area contributed by atoms with Crippen LogP contribution in [0.15, 0.2) is 12.7 Å². The first-order valence-corrected chi connectivity index (χ1v) is 5.12. The van der Waals surface area contributed by atoms with Crippen molar-refractivity contribution in [3.8, 4) is 0 Å². The zero-order valence-corrected chi connectivity index (χ0v) is 10.1. The van der Waals surface area contributed by atoms with Gasteiger partial charge in [0.15, 0.2) is 0 Å². The molecule has 0 atom stereocenters. The Balaban J connectivity index is 0. The van der Waals surface area contributed by atoms with Crippen molar-refractivity contribution >= 4 is 16.0 Å². The molecule has 0 saturated heterocycles. The van der Waals surface area contributed by atoms with Gasteiger partial charge in [-0.05, 0) is 19.9 Å². The number of nitrogens with one attached hydrogen (secondary N) is 1. The molecule has 0 aromatic heterocycles. The van der Waals surface area contributed by atoms with Gasteiger partial charge < -0.3 is 9.87 Å². The molecular formula is C7H12AgNO4S. The number of hydrogen-bond donors (Lipinski definition) is 1. The molecule has 0 aromatic rings. The van der Waals surface area contributed by atoms with Gasteiger partial charge in [-0.2, -0.15) is 0 Å². The van der Waals surface area contributed by atoms with Crippen LogP contribution in [0.3, 0.4) is 0 Å². The van der Waals surface area contributed by atoms with Crippen molar-refractivity contribution in [1.82, 2.24) is 5.32 Å². The third kappa shape index (κ3) is 8.46. The van der Waals surface area contributed by atoms with E-state index < -0.39 is 27.3 Å². The molecule has 0 unspecified atom stereocenters. The molecule has 0 spiro atoms. The Labute approximate surface area is 99.2 Å². The Hall–Kier alpha value is -0.140. The largest absolute Gasteiger partial charge is 1.00 e. The number of hydrogen-bond acceptors (Lipinski definition) is 4. The molecule has 0 radical (unpaired) electrons. The van der Waals surface area contributed by atoms with Crippen LogP contribution in [0.1, 0.15) is 13.8 Å². The molecule has 0 rings (SSSR count). The van der Waals surface area contributed by atoms with E-state index in [-0.39, 0.29) is 22.4 Å². The normalized spacial score (nSPS) is 11.4. The van der Waals surface area contributed by atoms with E-state index in [1.54, 1.807) is 0 Å². The van der Waals surface area contributed by atoms with Gasteiger partial charge in [-0.15, -0.1) is 0 Å². The third-order valence-corrected chi connectivity index (χ3v) is 2.26. The summed E-state index contributed by atoms with van der Waals surface area (Å²) in [6.07, 6.45) is 1.01. The van der Waals surface area contributed by atoms with Crippen molar-refractivity contribution in [2.24, 2.45) is 0 Å². The smallest absolute Gasteiger partial charge is 0.748 e. The van der Waals surface area contributed by atoms with Gasteiger partial charge in [0.25, 0.3) is 0 Å². The zero-order valence-electron chi connectivity index (χ0n) is 7.83. The summed E-state index contributed by atoms with van der Waals surface area (Å²) in [5.74, 6) is -1.15. The average molecular weight is 314 g/mol. The number of carbonyl (C=O) groups excluding carboxylic acids is 1. The second-order valence-corrected chi connectivity index (χ2v) is 4.68. The van der Waals surface area contributed by atoms with Crippen molar-refractivity contribution in [3.05, 3.63) is 12.7 Å². The minimum absolute atomic E-state index is 0. The van der Waals surface area contributed by atoms with E-state index in [0.29, 0.717) is 0 Å². The predicted octanol–water partition coefficient (Wildman–Crippen LogP) is -0.390. The molecule has 0 fully saturated rings. The first-order chi connectivity index (χ1) is 5.66. The van der Waals surface area contributed by atoms with Crippen LogP contribution in [0.4, 0.5) is 0 Å². The van der Waals surface area contributed by atoms with Gasteiger partial charge in [0.05, 0.1) is 15.9 Å². The van der Waals surface area contributed by atoms with E-state index in [4.69, 9.17) is 0 Å². The molecule has 14 heavy (non-hydrogen) atoms. The predicted molar refractivity (Wildman–Crippen MR) is 47.0 cm³/mol. The zero-order chi connectivity index (χ0) is 10.7. The summed E-state index contributed by atoms with van der Waals surface area (Å²) in [6.45, 7) is 6.10. The number of carbonyl (C=O) groups is 1. The molecule has 7 heteroatoms. The van der Waals surface area contributed by atoms with Gasteiger partial charge >= 0.3 is 22.4 Å². The second kappa shape index (κ2) is 5.67. The van der Waals surface area contributed by atoms with Crippen LogP contribution in [-0.2, 0) is 37.3 Å². The van der Waals surface area contributed by atoms with Crippen molar-refractivity contribution in [1.29, 1.82) is 0 Å². The minimum atomic E-state index is -4.33. The van der Waals surface area contributed by atoms with Crippen LogP contribution < -0.4 is 5.32 Å². The van der Waals surface area contributed by atoms with Gasteiger partial charge in [0, 0.05) is 5.54 Å². The van der Waals surface area contributed by atoms with Crippen molar-refractivity contribution in [2.45, 2.75) is 19.4 Å². The van der Waals surface area contributed by atoms with Crippen LogP contribution in [0.5, 0.6) is 0 Å². The van der Waals surface area contributed by atoms with Crippen LogP contribution in [0, 0.1) is 0 Å². The summed E-state index contributed by atoms with van der Waals surface area (Å²) in [5, 5.41) is 2.33. The summed E-state index contributed by atoms with van der Waals surface area (Å²) < 4.78 is 31.2. The van der Waals surface area contributed by atoms with Gasteiger partial charge in [-0.25, -0.2) is 8.42 Å². The first-order valence-electron chi connectivity index (χ1n) is 3.54. The molecule has 0 aliphatic rings. The molecule has 0 heterocycles. The Morgan fingerprint density at radius 2 is 2.00 bits per heavy atom. The molecule has 5 nitrogen and oxygen atoms in total. The van der Waals surface area contributed by atoms with E-state index in [9.17, 15) is 17.8 Å². The minimum Gasteiger partial charge on any atom is -0.748 e. The van der Waals surface area contributed by atoms with Crippen LogP contribution >= 0.6 is 0 Å². The molecule has 1 N–H and O–H groups in total. The van der Waals surface area contributed by atoms with Gasteiger partial charge in [0.2, 0.25) is 5.91 Å². The molecule has 0 aromatic carbocycles. The Morgan fingerprint density at radius 1 is 1.57 bits per heavy atom. The topological polar surface area (TPSA) is 86.3 Å². The van der Waals surface area contributed by atoms with Gasteiger partial charge in [-0.1, -0.05) is 6.58 Å². The third-order valence-electron chi connectivity index (χ3n) is 1.18. The van der Waals surface area contributed by atoms with Gasteiger partial charge in [-0.3, -0.25) is 4.79 Å². The summed E-state index contributed by atoms with van der Waals surface area (Å²) in [5.41, 5.74) is -1.06. The Morgan fingerprint density at radius 3 is 2.29 bits per heavy atom. The van der Waals surface area contributed by atoms with E-state index in [1.807, 2.05) is 0 Å². The molecule has 0 bridgehead atoms. The fourth-order valence-electron chi connectivity index (χ4n) is 0.863. The summed E-state index contributed by atoms with van der Waals surface area (Å²) >= 11 is 0. The van der Waals surface area contributed by atoms with Crippen LogP contribution in [0.25, 0.3) is 0 Å². The molecular weight excluding hydrogens is 302 g/mol. The Kier molecular flexibility index (Phi) is 6.60. The molecule has 1 amide bonds. The van der Waals surface area contributed by atoms with Crippen molar-refractivity contribution in [3.63, 3.8) is 0 Å². The van der Waals surface area contributed by atoms with Gasteiger partial charge in [0.1, 0.15) is 0 Å². The van der Waals surface area contributed by atoms with E-state index in [0.717, 1.165) is 6.08 Å². The Bertz CT molecular complexity index is 310. The molecule has 0 saturated carbocycles. The molecule has 86 valence electrons. The SMILES string of the molecule is C=CC(=O)NC(C)(C)CS(=O)(=O)[O-].[Ag+]. The van der Waals surface area contributed by atoms with Crippen LogP contribution in [-0.4, -0.2) is 30.2 Å². The molecule has 0 aliphatic carbocycles. The fourth-order valence-corrected chi connectivity index (χ4v) is 1.82. The number of amides is 1. The van der Waals surface area contributed by atoms with E-state index in [1.165, 1.54) is 13.8 Å².